The Morgan fingerprint density at radius 3 is 3.12 bits per heavy atom. The summed E-state index contributed by atoms with van der Waals surface area (Å²) in [7, 11) is 0. The predicted molar refractivity (Wildman–Crippen MR) is 63.0 cm³/mol. The van der Waals surface area contributed by atoms with E-state index in [0.29, 0.717) is 18.5 Å². The summed E-state index contributed by atoms with van der Waals surface area (Å²) in [4.78, 5) is 16.3. The second-order valence-electron chi connectivity index (χ2n) is 3.08. The highest BCUT2D eigenvalue weighted by molar-refractivity contribution is 5.60. The first kappa shape index (κ1) is 12.5. The molecule has 0 saturated carbocycles. The van der Waals surface area contributed by atoms with E-state index in [9.17, 15) is 10.1 Å². The number of nitrogens with zero attached hydrogens (tertiary/aromatic N) is 5. The molecule has 0 unspecified atom stereocenters. The number of nitro groups is 1. The average Bonchev–Trinajstić information content (AvgIpc) is 2.30. The maximum absolute atomic E-state index is 10.6. The highest BCUT2D eigenvalue weighted by Gasteiger charge is 2.11. The Labute approximate surface area is 96.5 Å². The molecule has 8 nitrogen and oxygen atoms in total. The molecule has 0 aromatic carbocycles. The lowest BCUT2D eigenvalue weighted by molar-refractivity contribution is -0.384. The van der Waals surface area contributed by atoms with Crippen molar-refractivity contribution in [2.75, 3.05) is 12.3 Å². The van der Waals surface area contributed by atoms with Gasteiger partial charge in [0.1, 0.15) is 0 Å². The average molecular weight is 234 g/mol. The van der Waals surface area contributed by atoms with E-state index >= 15 is 0 Å². The van der Waals surface area contributed by atoms with E-state index in [4.69, 9.17) is 11.3 Å². The fourth-order valence-electron chi connectivity index (χ4n) is 1.11. The number of pyridine rings is 1. The molecule has 0 amide bonds. The molecule has 0 aliphatic heterocycles. The lowest BCUT2D eigenvalue weighted by Gasteiger charge is -1.97. The molecular weight excluding hydrogens is 224 g/mol. The molecular formula is C9H10N6O2. The Hall–Kier alpha value is -2.60. The number of nitrogens with two attached hydrogens (primary N) is 1. The number of hydrogen-bond donors (Lipinski definition) is 1. The zero-order valence-electron chi connectivity index (χ0n) is 8.85. The molecule has 0 spiro atoms. The number of aromatic nitrogens is 1. The fraction of sp³-hybridized carbons (Fsp3) is 0.222. The Balaban J connectivity index is 2.75. The second-order valence-corrected chi connectivity index (χ2v) is 3.08. The van der Waals surface area contributed by atoms with Crippen LogP contribution in [0.3, 0.4) is 0 Å². The number of hydrogen-bond acceptors (Lipinski definition) is 5. The van der Waals surface area contributed by atoms with E-state index in [1.165, 1.54) is 12.3 Å². The van der Waals surface area contributed by atoms with Crippen LogP contribution in [0.1, 0.15) is 12.0 Å². The van der Waals surface area contributed by atoms with Gasteiger partial charge in [-0.25, -0.2) is 4.98 Å². The molecule has 1 heterocycles. The summed E-state index contributed by atoms with van der Waals surface area (Å²) >= 11 is 0. The van der Waals surface area contributed by atoms with Crippen LogP contribution in [0.15, 0.2) is 23.5 Å². The maximum Gasteiger partial charge on any atom is 0.311 e. The highest BCUT2D eigenvalue weighted by atomic mass is 16.6. The van der Waals surface area contributed by atoms with E-state index in [-0.39, 0.29) is 11.5 Å². The van der Waals surface area contributed by atoms with Crippen molar-refractivity contribution in [1.82, 2.24) is 4.98 Å². The molecule has 2 N–H and O–H groups in total. The van der Waals surface area contributed by atoms with Crippen molar-refractivity contribution in [2.45, 2.75) is 6.42 Å². The molecule has 0 bridgehead atoms. The third-order valence-electron chi connectivity index (χ3n) is 1.88. The topological polar surface area (TPSA) is 131 Å². The molecule has 17 heavy (non-hydrogen) atoms. The van der Waals surface area contributed by atoms with Gasteiger partial charge in [-0.05, 0) is 17.5 Å². The van der Waals surface area contributed by atoms with Gasteiger partial charge in [0.25, 0.3) is 0 Å². The van der Waals surface area contributed by atoms with Crippen molar-refractivity contribution in [3.8, 4) is 0 Å². The maximum atomic E-state index is 10.6. The van der Waals surface area contributed by atoms with E-state index in [1.807, 2.05) is 0 Å². The van der Waals surface area contributed by atoms with Gasteiger partial charge in [-0.3, -0.25) is 10.1 Å². The predicted octanol–water partition coefficient (Wildman–Crippen LogP) is 2.29. The Kier molecular flexibility index (Phi) is 4.46. The quantitative estimate of drug-likeness (QED) is 0.209. The first-order valence-corrected chi connectivity index (χ1v) is 4.72. The number of anilines is 1. The summed E-state index contributed by atoms with van der Waals surface area (Å²) in [5, 5.41) is 13.9. The first-order chi connectivity index (χ1) is 8.15. The highest BCUT2D eigenvalue weighted by Crippen LogP contribution is 2.20. The second kappa shape index (κ2) is 6.09. The first-order valence-electron chi connectivity index (χ1n) is 4.72. The summed E-state index contributed by atoms with van der Waals surface area (Å²) in [6.45, 7) is 0.345. The van der Waals surface area contributed by atoms with Crippen molar-refractivity contribution < 1.29 is 4.92 Å². The number of nitrogen functional groups attached to an aromatic ring is 1. The molecule has 0 saturated heterocycles. The summed E-state index contributed by atoms with van der Waals surface area (Å²) in [5.41, 5.74) is 13.8. The molecule has 88 valence electrons. The van der Waals surface area contributed by atoms with Crippen LogP contribution in [0.2, 0.25) is 0 Å². The van der Waals surface area contributed by atoms with Gasteiger partial charge in [0.05, 0.1) is 4.92 Å². The summed E-state index contributed by atoms with van der Waals surface area (Å²) < 4.78 is 0. The molecule has 0 fully saturated rings. The summed E-state index contributed by atoms with van der Waals surface area (Å²) in [6, 6.07) is 1.34. The van der Waals surface area contributed by atoms with Crippen LogP contribution in [0.5, 0.6) is 0 Å². The lowest BCUT2D eigenvalue weighted by Crippen LogP contribution is -1.98. The third kappa shape index (κ3) is 3.80. The summed E-state index contributed by atoms with van der Waals surface area (Å²) in [5.74, 6) is -0.110. The van der Waals surface area contributed by atoms with Gasteiger partial charge in [-0.1, -0.05) is 17.3 Å². The van der Waals surface area contributed by atoms with Gasteiger partial charge in [0, 0.05) is 23.7 Å². The van der Waals surface area contributed by atoms with Gasteiger partial charge in [0.2, 0.25) is 5.82 Å². The smallest absolute Gasteiger partial charge is 0.311 e. The normalized spacial score (nSPS) is 10.1. The zero-order valence-corrected chi connectivity index (χ0v) is 8.85. The molecule has 0 radical (unpaired) electrons. The number of rotatable bonds is 5. The van der Waals surface area contributed by atoms with Crippen molar-refractivity contribution in [3.63, 3.8) is 0 Å². The molecule has 0 aliphatic rings. The van der Waals surface area contributed by atoms with E-state index in [0.717, 1.165) is 0 Å². The zero-order chi connectivity index (χ0) is 12.7. The van der Waals surface area contributed by atoms with Crippen LogP contribution in [-0.2, 0) is 0 Å². The van der Waals surface area contributed by atoms with Crippen LogP contribution in [-0.4, -0.2) is 16.5 Å². The fourth-order valence-corrected chi connectivity index (χ4v) is 1.11. The van der Waals surface area contributed by atoms with Gasteiger partial charge in [0.15, 0.2) is 0 Å². The molecule has 1 aromatic rings. The van der Waals surface area contributed by atoms with Crippen LogP contribution in [0.4, 0.5) is 11.5 Å². The summed E-state index contributed by atoms with van der Waals surface area (Å²) in [6.07, 6.45) is 5.40. The van der Waals surface area contributed by atoms with Crippen LogP contribution in [0.25, 0.3) is 16.5 Å². The molecule has 1 rings (SSSR count). The van der Waals surface area contributed by atoms with Crippen molar-refractivity contribution >= 4 is 17.6 Å². The van der Waals surface area contributed by atoms with Crippen molar-refractivity contribution in [3.05, 3.63) is 44.5 Å². The third-order valence-corrected chi connectivity index (χ3v) is 1.88. The van der Waals surface area contributed by atoms with Crippen molar-refractivity contribution in [1.29, 1.82) is 0 Å². The van der Waals surface area contributed by atoms with E-state index < -0.39 is 4.92 Å². The van der Waals surface area contributed by atoms with Gasteiger partial charge in [-0.15, -0.1) is 0 Å². The molecule has 1 aromatic heterocycles. The minimum atomic E-state index is -0.584. The van der Waals surface area contributed by atoms with Crippen LogP contribution in [0, 0.1) is 10.1 Å². The van der Waals surface area contributed by atoms with Crippen molar-refractivity contribution in [2.24, 2.45) is 5.11 Å². The molecule has 0 aliphatic carbocycles. The number of azide groups is 1. The Morgan fingerprint density at radius 2 is 2.47 bits per heavy atom. The monoisotopic (exact) mass is 234 g/mol. The SMILES string of the molecule is [N-]=[N+]=NCCC=Cc1cnc(N)c([N+](=O)[O-])c1. The Bertz CT molecular complexity index is 492. The minimum absolute atomic E-state index is 0.110. The molecule has 0 atom stereocenters. The van der Waals surface area contributed by atoms with E-state index in [1.54, 1.807) is 12.2 Å². The lowest BCUT2D eigenvalue weighted by atomic mass is 10.2. The van der Waals surface area contributed by atoms with Gasteiger partial charge in [-0.2, -0.15) is 0 Å². The minimum Gasteiger partial charge on any atom is -0.378 e. The largest absolute Gasteiger partial charge is 0.378 e. The van der Waals surface area contributed by atoms with Gasteiger partial charge < -0.3 is 5.73 Å². The van der Waals surface area contributed by atoms with Crippen LogP contribution < -0.4 is 5.73 Å². The van der Waals surface area contributed by atoms with Crippen LogP contribution >= 0.6 is 0 Å². The van der Waals surface area contributed by atoms with Gasteiger partial charge >= 0.3 is 5.69 Å². The Morgan fingerprint density at radius 1 is 1.71 bits per heavy atom. The standard InChI is InChI=1S/C9H10N6O2/c10-9-8(15(16)17)5-7(6-12-9)3-1-2-4-13-14-11/h1,3,5-6H,2,4H2,(H2,10,12). The molecule has 8 heteroatoms. The van der Waals surface area contributed by atoms with E-state index in [2.05, 4.69) is 15.0 Å².